The van der Waals surface area contributed by atoms with Crippen molar-refractivity contribution >= 4 is 28.5 Å². The molecule has 0 saturated carbocycles. The van der Waals surface area contributed by atoms with Crippen molar-refractivity contribution in [1.29, 1.82) is 0 Å². The number of anilines is 1. The zero-order valence-corrected chi connectivity index (χ0v) is 14.9. The van der Waals surface area contributed by atoms with Crippen LogP contribution in [0.3, 0.4) is 0 Å². The summed E-state index contributed by atoms with van der Waals surface area (Å²) in [7, 11) is 0. The van der Waals surface area contributed by atoms with E-state index in [0.29, 0.717) is 17.1 Å². The van der Waals surface area contributed by atoms with E-state index in [4.69, 9.17) is 5.73 Å². The molecule has 0 bridgehead atoms. The second-order valence-electron chi connectivity index (χ2n) is 6.24. The molecule has 7 heteroatoms. The predicted molar refractivity (Wildman–Crippen MR) is 107 cm³/mol. The third kappa shape index (κ3) is 3.45. The molecular formula is C21H17N5O2. The fourth-order valence-corrected chi connectivity index (χ4v) is 3.01. The van der Waals surface area contributed by atoms with Gasteiger partial charge in [-0.05, 0) is 48.5 Å². The number of pyridine rings is 1. The fourth-order valence-electron chi connectivity index (χ4n) is 3.01. The fraction of sp³-hybridized carbons (Fsp3) is 0.0476. The number of carbonyl (C=O) groups is 2. The van der Waals surface area contributed by atoms with Gasteiger partial charge in [0.05, 0.1) is 11.0 Å². The van der Waals surface area contributed by atoms with Crippen LogP contribution in [0.25, 0.3) is 22.4 Å². The molecule has 4 aromatic rings. The van der Waals surface area contributed by atoms with Crippen LogP contribution in [0.4, 0.5) is 5.69 Å². The van der Waals surface area contributed by atoms with Crippen LogP contribution < -0.4 is 11.1 Å². The van der Waals surface area contributed by atoms with Gasteiger partial charge in [0.2, 0.25) is 11.8 Å². The Morgan fingerprint density at radius 1 is 1.00 bits per heavy atom. The number of imidazole rings is 1. The molecule has 28 heavy (non-hydrogen) atoms. The largest absolute Gasteiger partial charge is 0.366 e. The number of carbonyl (C=O) groups excluding carboxylic acids is 2. The summed E-state index contributed by atoms with van der Waals surface area (Å²) < 4.78 is 1.86. The lowest BCUT2D eigenvalue weighted by Gasteiger charge is -2.10. The van der Waals surface area contributed by atoms with Gasteiger partial charge in [-0.1, -0.05) is 12.1 Å². The number of amides is 2. The third-order valence-corrected chi connectivity index (χ3v) is 4.33. The molecular weight excluding hydrogens is 354 g/mol. The number of hydrogen-bond donors (Lipinski definition) is 2. The number of nitrogens with one attached hydrogen (secondary N) is 1. The lowest BCUT2D eigenvalue weighted by molar-refractivity contribution is -0.116. The van der Waals surface area contributed by atoms with E-state index in [1.165, 1.54) is 0 Å². The van der Waals surface area contributed by atoms with Crippen LogP contribution >= 0.6 is 0 Å². The first-order valence-corrected chi connectivity index (χ1v) is 8.67. The van der Waals surface area contributed by atoms with Crippen molar-refractivity contribution < 1.29 is 9.59 Å². The number of benzene rings is 2. The summed E-state index contributed by atoms with van der Waals surface area (Å²) in [5.41, 5.74) is 8.71. The van der Waals surface area contributed by atoms with Crippen LogP contribution in [0, 0.1) is 0 Å². The van der Waals surface area contributed by atoms with E-state index in [0.717, 1.165) is 16.6 Å². The highest BCUT2D eigenvalue weighted by Gasteiger charge is 2.15. The number of rotatable bonds is 5. The van der Waals surface area contributed by atoms with Gasteiger partial charge in [-0.3, -0.25) is 14.6 Å². The molecule has 7 nitrogen and oxygen atoms in total. The van der Waals surface area contributed by atoms with E-state index in [2.05, 4.69) is 15.3 Å². The van der Waals surface area contributed by atoms with Gasteiger partial charge in [-0.15, -0.1) is 0 Å². The summed E-state index contributed by atoms with van der Waals surface area (Å²) in [4.78, 5) is 32.6. The highest BCUT2D eigenvalue weighted by molar-refractivity contribution is 5.95. The Morgan fingerprint density at radius 3 is 2.50 bits per heavy atom. The Kier molecular flexibility index (Phi) is 4.55. The standard InChI is InChI=1S/C21H17N5O2/c22-20(28)14-7-9-16(10-8-14)24-19(27)13-26-18-6-2-1-5-17(18)25-21(26)15-4-3-11-23-12-15/h1-12H,13H2,(H2,22,28)(H,24,27). The van der Waals surface area contributed by atoms with Crippen LogP contribution in [0.1, 0.15) is 10.4 Å². The monoisotopic (exact) mass is 371 g/mol. The molecule has 0 fully saturated rings. The summed E-state index contributed by atoms with van der Waals surface area (Å²) in [6.45, 7) is 0.0856. The quantitative estimate of drug-likeness (QED) is 0.563. The smallest absolute Gasteiger partial charge is 0.248 e. The maximum atomic E-state index is 12.7. The number of primary amides is 1. The lowest BCUT2D eigenvalue weighted by Crippen LogP contribution is -2.19. The number of aromatic nitrogens is 3. The van der Waals surface area contributed by atoms with Crippen LogP contribution in [0.5, 0.6) is 0 Å². The highest BCUT2D eigenvalue weighted by atomic mass is 16.2. The molecule has 4 rings (SSSR count). The minimum absolute atomic E-state index is 0.0856. The summed E-state index contributed by atoms with van der Waals surface area (Å²) in [5, 5.41) is 2.83. The van der Waals surface area contributed by atoms with Crippen molar-refractivity contribution in [2.75, 3.05) is 5.32 Å². The Labute approximate surface area is 160 Å². The SMILES string of the molecule is NC(=O)c1ccc(NC(=O)Cn2c(-c3cccnc3)nc3ccccc32)cc1. The van der Waals surface area contributed by atoms with Crippen molar-refractivity contribution in [3.63, 3.8) is 0 Å². The lowest BCUT2D eigenvalue weighted by atomic mass is 10.2. The summed E-state index contributed by atoms with van der Waals surface area (Å²) in [5.74, 6) is -0.0440. The first kappa shape index (κ1) is 17.4. The van der Waals surface area contributed by atoms with Gasteiger partial charge in [0, 0.05) is 29.2 Å². The number of nitrogens with two attached hydrogens (primary N) is 1. The molecule has 138 valence electrons. The molecule has 0 aliphatic heterocycles. The molecule has 2 aromatic carbocycles. The molecule has 0 atom stereocenters. The predicted octanol–water partition coefficient (Wildman–Crippen LogP) is 2.84. The van der Waals surface area contributed by atoms with Gasteiger partial charge >= 0.3 is 0 Å². The van der Waals surface area contributed by atoms with Crippen molar-refractivity contribution in [2.45, 2.75) is 6.54 Å². The van der Waals surface area contributed by atoms with E-state index in [9.17, 15) is 9.59 Å². The number of para-hydroxylation sites is 2. The van der Waals surface area contributed by atoms with E-state index in [1.54, 1.807) is 36.7 Å². The Bertz CT molecular complexity index is 1150. The molecule has 0 unspecified atom stereocenters. The number of hydrogen-bond acceptors (Lipinski definition) is 4. The number of nitrogens with zero attached hydrogens (tertiary/aromatic N) is 3. The molecule has 0 radical (unpaired) electrons. The maximum Gasteiger partial charge on any atom is 0.248 e. The van der Waals surface area contributed by atoms with Gasteiger partial charge in [0.15, 0.2) is 0 Å². The Balaban J connectivity index is 1.63. The second kappa shape index (κ2) is 7.32. The van der Waals surface area contributed by atoms with Crippen LogP contribution in [0.15, 0.2) is 73.1 Å². The normalized spacial score (nSPS) is 10.7. The van der Waals surface area contributed by atoms with Crippen molar-refractivity contribution in [3.8, 4) is 11.4 Å². The first-order valence-electron chi connectivity index (χ1n) is 8.67. The van der Waals surface area contributed by atoms with E-state index in [1.807, 2.05) is 41.0 Å². The van der Waals surface area contributed by atoms with Crippen LogP contribution in [-0.4, -0.2) is 26.3 Å². The zero-order chi connectivity index (χ0) is 19.5. The van der Waals surface area contributed by atoms with Crippen LogP contribution in [0.2, 0.25) is 0 Å². The number of fused-ring (bicyclic) bond motifs is 1. The summed E-state index contributed by atoms with van der Waals surface area (Å²) in [6.07, 6.45) is 3.41. The minimum Gasteiger partial charge on any atom is -0.366 e. The topological polar surface area (TPSA) is 103 Å². The molecule has 0 spiro atoms. The summed E-state index contributed by atoms with van der Waals surface area (Å²) in [6, 6.07) is 17.8. The molecule has 0 aliphatic carbocycles. The molecule has 0 saturated heterocycles. The third-order valence-electron chi connectivity index (χ3n) is 4.33. The highest BCUT2D eigenvalue weighted by Crippen LogP contribution is 2.24. The molecule has 3 N–H and O–H groups in total. The first-order chi connectivity index (χ1) is 13.6. The van der Waals surface area contributed by atoms with Crippen molar-refractivity contribution in [3.05, 3.63) is 78.6 Å². The van der Waals surface area contributed by atoms with E-state index in [-0.39, 0.29) is 12.5 Å². The van der Waals surface area contributed by atoms with Crippen molar-refractivity contribution in [1.82, 2.24) is 14.5 Å². The summed E-state index contributed by atoms with van der Waals surface area (Å²) >= 11 is 0. The molecule has 2 aromatic heterocycles. The van der Waals surface area contributed by atoms with E-state index >= 15 is 0 Å². The van der Waals surface area contributed by atoms with Gasteiger partial charge in [0.1, 0.15) is 12.4 Å². The molecule has 0 aliphatic rings. The average Bonchev–Trinajstić information content (AvgIpc) is 3.07. The molecule has 2 amide bonds. The van der Waals surface area contributed by atoms with Gasteiger partial charge in [0.25, 0.3) is 0 Å². The van der Waals surface area contributed by atoms with Gasteiger partial charge < -0.3 is 15.6 Å². The average molecular weight is 371 g/mol. The van der Waals surface area contributed by atoms with Crippen molar-refractivity contribution in [2.24, 2.45) is 5.73 Å². The maximum absolute atomic E-state index is 12.7. The Hall–Kier alpha value is -4.00. The van der Waals surface area contributed by atoms with E-state index < -0.39 is 5.91 Å². The molecule has 2 heterocycles. The second-order valence-corrected chi connectivity index (χ2v) is 6.24. The minimum atomic E-state index is -0.510. The van der Waals surface area contributed by atoms with Gasteiger partial charge in [-0.25, -0.2) is 4.98 Å². The van der Waals surface area contributed by atoms with Crippen LogP contribution in [-0.2, 0) is 11.3 Å². The van der Waals surface area contributed by atoms with Gasteiger partial charge in [-0.2, -0.15) is 0 Å². The zero-order valence-electron chi connectivity index (χ0n) is 14.9. The Morgan fingerprint density at radius 2 is 1.79 bits per heavy atom.